The van der Waals surface area contributed by atoms with Gasteiger partial charge in [-0.1, -0.05) is 18.2 Å². The Bertz CT molecular complexity index is 495. The largest absolute Gasteiger partial charge is 0.358 e. The lowest BCUT2D eigenvalue weighted by Gasteiger charge is -2.20. The molecule has 0 bridgehead atoms. The Balaban J connectivity index is 2.25. The predicted octanol–water partition coefficient (Wildman–Crippen LogP) is 2.23. The molecule has 2 rings (SSSR count). The van der Waals surface area contributed by atoms with Gasteiger partial charge >= 0.3 is 0 Å². The summed E-state index contributed by atoms with van der Waals surface area (Å²) in [4.78, 5) is 16.9. The highest BCUT2D eigenvalue weighted by molar-refractivity contribution is 5.83. The van der Waals surface area contributed by atoms with Crippen molar-refractivity contribution in [1.82, 2.24) is 9.88 Å². The molecule has 1 aromatic carbocycles. The van der Waals surface area contributed by atoms with E-state index in [2.05, 4.69) is 23.2 Å². The van der Waals surface area contributed by atoms with Crippen molar-refractivity contribution in [2.24, 2.45) is 0 Å². The lowest BCUT2D eigenvalue weighted by molar-refractivity contribution is -0.121. The summed E-state index contributed by atoms with van der Waals surface area (Å²) in [6.07, 6.45) is 0.733. The minimum absolute atomic E-state index is 0.0527. The lowest BCUT2D eigenvalue weighted by Crippen LogP contribution is -2.36. The molecule has 1 heterocycles. The number of nitrogens with one attached hydrogen (secondary N) is 1. The number of hydrogen-bond acceptors (Lipinski definition) is 2. The predicted molar refractivity (Wildman–Crippen MR) is 70.2 cm³/mol. The van der Waals surface area contributed by atoms with Gasteiger partial charge in [0, 0.05) is 17.6 Å². The SMILES string of the molecule is CC(=O)C(Cc1cc2ccccc2[nH]1)N(C)C. The van der Waals surface area contributed by atoms with Crippen molar-refractivity contribution in [1.29, 1.82) is 0 Å². The molecule has 0 aliphatic rings. The van der Waals surface area contributed by atoms with Crippen molar-refractivity contribution in [3.63, 3.8) is 0 Å². The van der Waals surface area contributed by atoms with Gasteiger partial charge in [0.05, 0.1) is 6.04 Å². The van der Waals surface area contributed by atoms with Crippen LogP contribution in [0.3, 0.4) is 0 Å². The van der Waals surface area contributed by atoms with Crippen LogP contribution in [0.4, 0.5) is 0 Å². The molecule has 0 spiro atoms. The molecule has 1 unspecified atom stereocenters. The molecule has 90 valence electrons. The number of aromatic amines is 1. The average Bonchev–Trinajstić information content (AvgIpc) is 2.67. The quantitative estimate of drug-likeness (QED) is 0.874. The number of nitrogens with zero attached hydrogens (tertiary/aromatic N) is 1. The number of hydrogen-bond donors (Lipinski definition) is 1. The van der Waals surface area contributed by atoms with Gasteiger partial charge in [-0.05, 0) is 38.5 Å². The molecule has 17 heavy (non-hydrogen) atoms. The maximum Gasteiger partial charge on any atom is 0.147 e. The van der Waals surface area contributed by atoms with Crippen LogP contribution in [-0.4, -0.2) is 35.8 Å². The van der Waals surface area contributed by atoms with E-state index in [4.69, 9.17) is 0 Å². The maximum absolute atomic E-state index is 11.5. The molecule has 0 amide bonds. The minimum Gasteiger partial charge on any atom is -0.358 e. The fraction of sp³-hybridized carbons (Fsp3) is 0.357. The average molecular weight is 230 g/mol. The van der Waals surface area contributed by atoms with Crippen LogP contribution in [0.15, 0.2) is 30.3 Å². The summed E-state index contributed by atoms with van der Waals surface area (Å²) in [6, 6.07) is 10.2. The summed E-state index contributed by atoms with van der Waals surface area (Å²) in [5, 5.41) is 1.20. The van der Waals surface area contributed by atoms with Gasteiger partial charge in [-0.15, -0.1) is 0 Å². The van der Waals surface area contributed by atoms with Gasteiger partial charge in [0.2, 0.25) is 0 Å². The van der Waals surface area contributed by atoms with Gasteiger partial charge in [0.15, 0.2) is 0 Å². The Kier molecular flexibility index (Phi) is 3.29. The van der Waals surface area contributed by atoms with Crippen LogP contribution in [0.2, 0.25) is 0 Å². The van der Waals surface area contributed by atoms with E-state index in [1.807, 2.05) is 31.1 Å². The first-order chi connectivity index (χ1) is 8.08. The fourth-order valence-corrected chi connectivity index (χ4v) is 2.14. The lowest BCUT2D eigenvalue weighted by atomic mass is 10.1. The Morgan fingerprint density at radius 1 is 1.35 bits per heavy atom. The van der Waals surface area contributed by atoms with E-state index in [0.29, 0.717) is 0 Å². The highest BCUT2D eigenvalue weighted by atomic mass is 16.1. The number of Topliss-reactive ketones (excluding diaryl/α,β-unsaturated/α-hetero) is 1. The third kappa shape index (κ3) is 2.56. The molecular weight excluding hydrogens is 212 g/mol. The number of rotatable bonds is 4. The molecule has 0 aliphatic heterocycles. The number of carbonyl (C=O) groups is 1. The van der Waals surface area contributed by atoms with Crippen LogP contribution in [0.25, 0.3) is 10.9 Å². The topological polar surface area (TPSA) is 36.1 Å². The number of carbonyl (C=O) groups excluding carboxylic acids is 1. The Morgan fingerprint density at radius 3 is 2.65 bits per heavy atom. The Hall–Kier alpha value is -1.61. The minimum atomic E-state index is -0.0527. The molecule has 2 aromatic rings. The second kappa shape index (κ2) is 4.72. The number of para-hydroxylation sites is 1. The number of benzene rings is 1. The molecule has 0 saturated carbocycles. The van der Waals surface area contributed by atoms with E-state index in [1.165, 1.54) is 5.39 Å². The van der Waals surface area contributed by atoms with E-state index in [1.54, 1.807) is 6.92 Å². The first kappa shape index (κ1) is 11.9. The highest BCUT2D eigenvalue weighted by Gasteiger charge is 2.17. The van der Waals surface area contributed by atoms with E-state index in [-0.39, 0.29) is 11.8 Å². The first-order valence-electron chi connectivity index (χ1n) is 5.81. The molecule has 1 aromatic heterocycles. The van der Waals surface area contributed by atoms with Crippen molar-refractivity contribution in [2.75, 3.05) is 14.1 Å². The smallest absolute Gasteiger partial charge is 0.147 e. The summed E-state index contributed by atoms with van der Waals surface area (Å²) in [6.45, 7) is 1.65. The summed E-state index contributed by atoms with van der Waals surface area (Å²) in [7, 11) is 3.88. The zero-order valence-electron chi connectivity index (χ0n) is 10.5. The summed E-state index contributed by atoms with van der Waals surface area (Å²) < 4.78 is 0. The van der Waals surface area contributed by atoms with Crippen LogP contribution in [0.5, 0.6) is 0 Å². The molecule has 3 heteroatoms. The summed E-state index contributed by atoms with van der Waals surface area (Å²) >= 11 is 0. The third-order valence-electron chi connectivity index (χ3n) is 3.09. The highest BCUT2D eigenvalue weighted by Crippen LogP contribution is 2.16. The number of ketones is 1. The van der Waals surface area contributed by atoms with E-state index in [9.17, 15) is 4.79 Å². The van der Waals surface area contributed by atoms with Gasteiger partial charge in [-0.3, -0.25) is 9.69 Å². The fourth-order valence-electron chi connectivity index (χ4n) is 2.14. The zero-order chi connectivity index (χ0) is 12.4. The summed E-state index contributed by atoms with van der Waals surface area (Å²) in [5.74, 6) is 0.202. The first-order valence-corrected chi connectivity index (χ1v) is 5.81. The molecule has 0 saturated heterocycles. The third-order valence-corrected chi connectivity index (χ3v) is 3.09. The normalized spacial score (nSPS) is 13.2. The van der Waals surface area contributed by atoms with Gasteiger partial charge in [-0.2, -0.15) is 0 Å². The molecule has 3 nitrogen and oxygen atoms in total. The van der Waals surface area contributed by atoms with Crippen LogP contribution < -0.4 is 0 Å². The number of fused-ring (bicyclic) bond motifs is 1. The molecule has 0 aliphatic carbocycles. The van der Waals surface area contributed by atoms with Crippen molar-refractivity contribution in [3.05, 3.63) is 36.0 Å². The second-order valence-corrected chi connectivity index (χ2v) is 4.68. The monoisotopic (exact) mass is 230 g/mol. The molecule has 1 atom stereocenters. The van der Waals surface area contributed by atoms with Crippen LogP contribution in [0, 0.1) is 0 Å². The molecule has 1 N–H and O–H groups in total. The van der Waals surface area contributed by atoms with E-state index in [0.717, 1.165) is 17.6 Å². The van der Waals surface area contributed by atoms with Gasteiger partial charge in [0.25, 0.3) is 0 Å². The Morgan fingerprint density at radius 2 is 2.06 bits per heavy atom. The number of H-pyrrole nitrogens is 1. The van der Waals surface area contributed by atoms with Gasteiger partial charge in [0.1, 0.15) is 5.78 Å². The zero-order valence-corrected chi connectivity index (χ0v) is 10.5. The van der Waals surface area contributed by atoms with Gasteiger partial charge in [-0.25, -0.2) is 0 Å². The van der Waals surface area contributed by atoms with Gasteiger partial charge < -0.3 is 4.98 Å². The van der Waals surface area contributed by atoms with E-state index < -0.39 is 0 Å². The van der Waals surface area contributed by atoms with Crippen LogP contribution in [-0.2, 0) is 11.2 Å². The van der Waals surface area contributed by atoms with Crippen molar-refractivity contribution < 1.29 is 4.79 Å². The maximum atomic E-state index is 11.5. The van der Waals surface area contributed by atoms with Crippen LogP contribution >= 0.6 is 0 Å². The van der Waals surface area contributed by atoms with Crippen molar-refractivity contribution >= 4 is 16.7 Å². The standard InChI is InChI=1S/C14H18N2O/c1-10(17)14(16(2)3)9-12-8-11-6-4-5-7-13(11)15-12/h4-8,14-15H,9H2,1-3H3. The molecular formula is C14H18N2O. The van der Waals surface area contributed by atoms with Crippen molar-refractivity contribution in [3.8, 4) is 0 Å². The summed E-state index contributed by atoms with van der Waals surface area (Å²) in [5.41, 5.74) is 2.24. The Labute approximate surface area is 101 Å². The number of likely N-dealkylation sites (N-methyl/N-ethyl adjacent to an activating group) is 1. The molecule has 0 fully saturated rings. The van der Waals surface area contributed by atoms with Crippen LogP contribution in [0.1, 0.15) is 12.6 Å². The van der Waals surface area contributed by atoms with E-state index >= 15 is 0 Å². The van der Waals surface area contributed by atoms with Crippen molar-refractivity contribution in [2.45, 2.75) is 19.4 Å². The second-order valence-electron chi connectivity index (χ2n) is 4.68. The molecule has 0 radical (unpaired) electrons. The number of aromatic nitrogens is 1.